The van der Waals surface area contributed by atoms with Crippen molar-refractivity contribution in [1.29, 1.82) is 0 Å². The van der Waals surface area contributed by atoms with Gasteiger partial charge in [-0.05, 0) is 61.4 Å². The van der Waals surface area contributed by atoms with Gasteiger partial charge >= 0.3 is 0 Å². The molecule has 1 aliphatic heterocycles. The molecule has 158 valence electrons. The Hall–Kier alpha value is -2.76. The van der Waals surface area contributed by atoms with Crippen LogP contribution in [-0.2, 0) is 17.8 Å². The fourth-order valence-corrected chi connectivity index (χ4v) is 4.34. The molecule has 2 aromatic carbocycles. The van der Waals surface area contributed by atoms with Crippen molar-refractivity contribution in [2.45, 2.75) is 25.8 Å². The summed E-state index contributed by atoms with van der Waals surface area (Å²) >= 11 is 12.0. The Bertz CT molecular complexity index is 1170. The molecular formula is C24H20Cl2N2O3. The number of rotatable bonds is 4. The number of furan rings is 1. The first-order valence-electron chi connectivity index (χ1n) is 10.2. The number of nitrogens with zero attached hydrogens (tertiary/aromatic N) is 1. The highest BCUT2D eigenvalue weighted by Gasteiger charge is 2.35. The molecule has 3 aromatic rings. The first kappa shape index (κ1) is 20.2. The summed E-state index contributed by atoms with van der Waals surface area (Å²) in [5.74, 6) is 1.92. The van der Waals surface area contributed by atoms with E-state index in [1.165, 1.54) is 0 Å². The molecule has 2 heterocycles. The van der Waals surface area contributed by atoms with Crippen molar-refractivity contribution < 1.29 is 14.0 Å². The van der Waals surface area contributed by atoms with Crippen molar-refractivity contribution in [1.82, 2.24) is 4.90 Å². The fraction of sp³-hybridized carbons (Fsp3) is 0.250. The minimum atomic E-state index is -0.302. The van der Waals surface area contributed by atoms with Crippen LogP contribution in [0.1, 0.15) is 34.5 Å². The van der Waals surface area contributed by atoms with E-state index in [-0.39, 0.29) is 17.7 Å². The van der Waals surface area contributed by atoms with Crippen LogP contribution in [0.5, 0.6) is 0 Å². The van der Waals surface area contributed by atoms with Crippen molar-refractivity contribution in [3.05, 3.63) is 75.5 Å². The molecule has 5 rings (SSSR count). The Balaban J connectivity index is 1.28. The lowest BCUT2D eigenvalue weighted by Gasteiger charge is -2.26. The molecule has 1 aliphatic carbocycles. The van der Waals surface area contributed by atoms with Crippen LogP contribution in [-0.4, -0.2) is 23.3 Å². The molecule has 1 aromatic heterocycles. The normalized spacial score (nSPS) is 15.5. The van der Waals surface area contributed by atoms with Gasteiger partial charge in [0.2, 0.25) is 5.91 Å². The van der Waals surface area contributed by atoms with Crippen molar-refractivity contribution in [2.24, 2.45) is 5.92 Å². The Morgan fingerprint density at radius 2 is 1.81 bits per heavy atom. The first-order chi connectivity index (χ1) is 15.0. The number of nitrogens with one attached hydrogen (secondary N) is 1. The van der Waals surface area contributed by atoms with E-state index in [2.05, 4.69) is 5.32 Å². The number of carbonyl (C=O) groups is 2. The van der Waals surface area contributed by atoms with Crippen LogP contribution in [0.15, 0.2) is 52.9 Å². The summed E-state index contributed by atoms with van der Waals surface area (Å²) in [6, 6.07) is 14.2. The van der Waals surface area contributed by atoms with Crippen LogP contribution in [0.2, 0.25) is 10.0 Å². The monoisotopic (exact) mass is 454 g/mol. The molecule has 0 atom stereocenters. The highest BCUT2D eigenvalue weighted by molar-refractivity contribution is 6.37. The SMILES string of the molecule is O=C(Nc1ccc(-c2cc3c(o2)CCN(C(=O)C2CC2)C3)cc1)c1ccc(Cl)cc1Cl. The van der Waals surface area contributed by atoms with Gasteiger partial charge in [-0.3, -0.25) is 9.59 Å². The maximum absolute atomic E-state index is 12.5. The van der Waals surface area contributed by atoms with Crippen LogP contribution in [0, 0.1) is 5.92 Å². The molecule has 0 radical (unpaired) electrons. The summed E-state index contributed by atoms with van der Waals surface area (Å²) in [7, 11) is 0. The number of fused-ring (bicyclic) bond motifs is 1. The molecular weight excluding hydrogens is 435 g/mol. The Labute approximate surface area is 189 Å². The molecule has 2 aliphatic rings. The topological polar surface area (TPSA) is 62.6 Å². The third-order valence-electron chi connectivity index (χ3n) is 5.71. The highest BCUT2D eigenvalue weighted by Crippen LogP contribution is 2.35. The zero-order valence-electron chi connectivity index (χ0n) is 16.7. The van der Waals surface area contributed by atoms with Crippen LogP contribution in [0.4, 0.5) is 5.69 Å². The van der Waals surface area contributed by atoms with E-state index in [1.807, 2.05) is 35.2 Å². The zero-order valence-corrected chi connectivity index (χ0v) is 18.2. The largest absolute Gasteiger partial charge is 0.461 e. The van der Waals surface area contributed by atoms with Crippen LogP contribution < -0.4 is 5.32 Å². The number of hydrogen-bond acceptors (Lipinski definition) is 3. The zero-order chi connectivity index (χ0) is 21.5. The molecule has 1 N–H and O–H groups in total. The van der Waals surface area contributed by atoms with Crippen molar-refractivity contribution >= 4 is 40.7 Å². The number of amides is 2. The van der Waals surface area contributed by atoms with E-state index in [0.29, 0.717) is 34.4 Å². The number of benzene rings is 2. The summed E-state index contributed by atoms with van der Waals surface area (Å²) in [6.45, 7) is 1.33. The first-order valence-corrected chi connectivity index (χ1v) is 11.0. The van der Waals surface area contributed by atoms with Crippen LogP contribution >= 0.6 is 23.2 Å². The van der Waals surface area contributed by atoms with Gasteiger partial charge in [-0.25, -0.2) is 0 Å². The number of hydrogen-bond donors (Lipinski definition) is 1. The molecule has 1 fully saturated rings. The average molecular weight is 455 g/mol. The predicted molar refractivity (Wildman–Crippen MR) is 120 cm³/mol. The maximum Gasteiger partial charge on any atom is 0.257 e. The number of anilines is 1. The van der Waals surface area contributed by atoms with Gasteiger partial charge in [-0.2, -0.15) is 0 Å². The van der Waals surface area contributed by atoms with Gasteiger partial charge in [0.25, 0.3) is 5.91 Å². The van der Waals surface area contributed by atoms with Gasteiger partial charge in [-0.1, -0.05) is 23.2 Å². The second-order valence-corrected chi connectivity index (χ2v) is 8.84. The van der Waals surface area contributed by atoms with Crippen molar-refractivity contribution in [2.75, 3.05) is 11.9 Å². The number of halogens is 2. The Kier molecular flexibility index (Phi) is 5.24. The Morgan fingerprint density at radius 1 is 1.03 bits per heavy atom. The number of carbonyl (C=O) groups excluding carboxylic acids is 2. The highest BCUT2D eigenvalue weighted by atomic mass is 35.5. The van der Waals surface area contributed by atoms with E-state index in [1.54, 1.807) is 18.2 Å². The van der Waals surface area contributed by atoms with E-state index in [0.717, 1.165) is 41.9 Å². The van der Waals surface area contributed by atoms with E-state index >= 15 is 0 Å². The lowest BCUT2D eigenvalue weighted by Crippen LogP contribution is -2.36. The molecule has 0 unspecified atom stereocenters. The quantitative estimate of drug-likeness (QED) is 0.541. The van der Waals surface area contributed by atoms with E-state index < -0.39 is 0 Å². The lowest BCUT2D eigenvalue weighted by atomic mass is 10.1. The van der Waals surface area contributed by atoms with E-state index in [4.69, 9.17) is 27.6 Å². The molecule has 0 saturated heterocycles. The average Bonchev–Trinajstić information content (AvgIpc) is 3.52. The summed E-state index contributed by atoms with van der Waals surface area (Å²) < 4.78 is 6.06. The standard InChI is InChI=1S/C24H20Cl2N2O3/c25-17-5-8-19(20(26)12-17)23(29)27-18-6-3-14(4-7-18)22-11-16-13-28(10-9-21(16)31-22)24(30)15-1-2-15/h3-8,11-12,15H,1-2,9-10,13H2,(H,27,29). The molecule has 5 nitrogen and oxygen atoms in total. The minimum absolute atomic E-state index is 0.235. The van der Waals surface area contributed by atoms with E-state index in [9.17, 15) is 9.59 Å². The maximum atomic E-state index is 12.5. The summed E-state index contributed by atoms with van der Waals surface area (Å²) in [5, 5.41) is 3.62. The van der Waals surface area contributed by atoms with Gasteiger partial charge < -0.3 is 14.6 Å². The third-order valence-corrected chi connectivity index (χ3v) is 6.26. The molecule has 7 heteroatoms. The van der Waals surface area contributed by atoms with Gasteiger partial charge in [0.15, 0.2) is 0 Å². The predicted octanol–water partition coefficient (Wildman–Crippen LogP) is 5.80. The lowest BCUT2D eigenvalue weighted by molar-refractivity contribution is -0.133. The fourth-order valence-electron chi connectivity index (χ4n) is 3.84. The summed E-state index contributed by atoms with van der Waals surface area (Å²) in [6.07, 6.45) is 2.78. The van der Waals surface area contributed by atoms with Gasteiger partial charge in [0.05, 0.1) is 10.6 Å². The van der Waals surface area contributed by atoms with Crippen molar-refractivity contribution in [3.8, 4) is 11.3 Å². The second-order valence-electron chi connectivity index (χ2n) is 8.00. The van der Waals surface area contributed by atoms with Crippen LogP contribution in [0.25, 0.3) is 11.3 Å². The van der Waals surface area contributed by atoms with Gasteiger partial charge in [0.1, 0.15) is 11.5 Å². The van der Waals surface area contributed by atoms with Gasteiger partial charge in [0, 0.05) is 47.3 Å². The van der Waals surface area contributed by atoms with Gasteiger partial charge in [-0.15, -0.1) is 0 Å². The summed E-state index contributed by atoms with van der Waals surface area (Å²) in [4.78, 5) is 26.8. The van der Waals surface area contributed by atoms with Crippen molar-refractivity contribution in [3.63, 3.8) is 0 Å². The summed E-state index contributed by atoms with van der Waals surface area (Å²) in [5.41, 5.74) is 3.00. The molecule has 0 bridgehead atoms. The third kappa shape index (κ3) is 4.21. The second kappa shape index (κ2) is 8.06. The minimum Gasteiger partial charge on any atom is -0.461 e. The van der Waals surface area contributed by atoms with Crippen LogP contribution in [0.3, 0.4) is 0 Å². The molecule has 1 saturated carbocycles. The smallest absolute Gasteiger partial charge is 0.257 e. The Morgan fingerprint density at radius 3 is 2.52 bits per heavy atom. The molecule has 31 heavy (non-hydrogen) atoms. The molecule has 2 amide bonds. The molecule has 0 spiro atoms.